The molecule has 1 unspecified atom stereocenters. The van der Waals surface area contributed by atoms with E-state index >= 15 is 0 Å². The molecule has 1 N–H and O–H groups in total. The lowest BCUT2D eigenvalue weighted by atomic mass is 10.0. The highest BCUT2D eigenvalue weighted by Crippen LogP contribution is 2.27. The van der Waals surface area contributed by atoms with E-state index in [1.807, 2.05) is 30.3 Å². The number of nitrogens with one attached hydrogen (secondary N) is 1. The normalized spacial score (nSPS) is 12.3. The number of rotatable bonds is 6. The summed E-state index contributed by atoms with van der Waals surface area (Å²) in [7, 11) is 0. The van der Waals surface area contributed by atoms with Gasteiger partial charge >= 0.3 is 0 Å². The molecule has 0 radical (unpaired) electrons. The molecule has 0 amide bonds. The Morgan fingerprint density at radius 2 is 1.83 bits per heavy atom. The van der Waals surface area contributed by atoms with Crippen molar-refractivity contribution in [1.29, 1.82) is 0 Å². The molecule has 0 spiro atoms. The fraction of sp³-hybridized carbons (Fsp3) is 0.211. The third-order valence-corrected chi connectivity index (χ3v) is 4.49. The smallest absolute Gasteiger partial charge is 0.227 e. The van der Waals surface area contributed by atoms with Gasteiger partial charge in [-0.1, -0.05) is 49.4 Å². The molecule has 4 heteroatoms. The SMILES string of the molecule is CCC(NCc1coc(-c2ccccc2Br)n1)c1ccccc1. The van der Waals surface area contributed by atoms with Crippen molar-refractivity contribution in [3.8, 4) is 11.5 Å². The van der Waals surface area contributed by atoms with E-state index in [1.165, 1.54) is 5.56 Å². The lowest BCUT2D eigenvalue weighted by Crippen LogP contribution is -2.20. The lowest BCUT2D eigenvalue weighted by molar-refractivity contribution is 0.511. The minimum atomic E-state index is 0.319. The highest BCUT2D eigenvalue weighted by molar-refractivity contribution is 9.10. The van der Waals surface area contributed by atoms with E-state index in [0.717, 1.165) is 22.2 Å². The summed E-state index contributed by atoms with van der Waals surface area (Å²) in [5, 5.41) is 3.55. The van der Waals surface area contributed by atoms with Crippen LogP contribution in [-0.2, 0) is 6.54 Å². The number of halogens is 1. The third kappa shape index (κ3) is 3.89. The molecule has 1 heterocycles. The third-order valence-electron chi connectivity index (χ3n) is 3.80. The summed E-state index contributed by atoms with van der Waals surface area (Å²) in [5.74, 6) is 0.641. The molecule has 1 aromatic heterocycles. The molecule has 2 aromatic carbocycles. The average molecular weight is 371 g/mol. The molecule has 1 atom stereocenters. The Morgan fingerprint density at radius 1 is 1.09 bits per heavy atom. The van der Waals surface area contributed by atoms with Gasteiger partial charge in [0.1, 0.15) is 6.26 Å². The Labute approximate surface area is 144 Å². The second-order valence-corrected chi connectivity index (χ2v) is 6.23. The van der Waals surface area contributed by atoms with Crippen molar-refractivity contribution >= 4 is 15.9 Å². The van der Waals surface area contributed by atoms with Crippen molar-refractivity contribution < 1.29 is 4.42 Å². The van der Waals surface area contributed by atoms with Gasteiger partial charge in [0.05, 0.1) is 11.3 Å². The maximum Gasteiger partial charge on any atom is 0.227 e. The van der Waals surface area contributed by atoms with E-state index in [4.69, 9.17) is 4.42 Å². The Balaban J connectivity index is 1.69. The van der Waals surface area contributed by atoms with Crippen molar-refractivity contribution in [3.63, 3.8) is 0 Å². The topological polar surface area (TPSA) is 38.1 Å². The summed E-state index contributed by atoms with van der Waals surface area (Å²) in [5.41, 5.74) is 3.17. The standard InChI is InChI=1S/C19H19BrN2O/c1-2-18(14-8-4-3-5-9-14)21-12-15-13-23-19(22-15)16-10-6-7-11-17(16)20/h3-11,13,18,21H,2,12H2,1H3. The van der Waals surface area contributed by atoms with Gasteiger partial charge in [-0.3, -0.25) is 0 Å². The molecule has 0 aliphatic heterocycles. The highest BCUT2D eigenvalue weighted by atomic mass is 79.9. The zero-order chi connectivity index (χ0) is 16.1. The first-order valence-electron chi connectivity index (χ1n) is 7.75. The van der Waals surface area contributed by atoms with Crippen molar-refractivity contribution in [2.45, 2.75) is 25.9 Å². The molecule has 3 nitrogen and oxygen atoms in total. The monoisotopic (exact) mass is 370 g/mol. The largest absolute Gasteiger partial charge is 0.444 e. The van der Waals surface area contributed by atoms with Crippen LogP contribution in [-0.4, -0.2) is 4.98 Å². The summed E-state index contributed by atoms with van der Waals surface area (Å²) in [6.45, 7) is 2.86. The second-order valence-electron chi connectivity index (χ2n) is 5.38. The fourth-order valence-corrected chi connectivity index (χ4v) is 3.01. The molecule has 3 aromatic rings. The maximum atomic E-state index is 5.62. The van der Waals surface area contributed by atoms with Gasteiger partial charge in [0, 0.05) is 17.1 Å². The molecule has 0 aliphatic rings. The number of nitrogens with zero attached hydrogens (tertiary/aromatic N) is 1. The molecule has 118 valence electrons. The molecule has 0 bridgehead atoms. The first-order valence-corrected chi connectivity index (χ1v) is 8.55. The number of benzene rings is 2. The second kappa shape index (κ2) is 7.57. The van der Waals surface area contributed by atoms with Crippen LogP contribution in [0.5, 0.6) is 0 Å². The van der Waals surface area contributed by atoms with E-state index < -0.39 is 0 Å². The molecule has 0 saturated carbocycles. The Bertz CT molecular complexity index is 755. The van der Waals surface area contributed by atoms with Crippen LogP contribution in [0.1, 0.15) is 30.6 Å². The Kier molecular flexibility index (Phi) is 5.26. The number of aromatic nitrogens is 1. The van der Waals surface area contributed by atoms with Gasteiger partial charge < -0.3 is 9.73 Å². The predicted molar refractivity (Wildman–Crippen MR) is 96.0 cm³/mol. The molecule has 0 aliphatic carbocycles. The minimum Gasteiger partial charge on any atom is -0.444 e. The summed E-state index contributed by atoms with van der Waals surface area (Å²) in [4.78, 5) is 4.58. The van der Waals surface area contributed by atoms with E-state index in [1.54, 1.807) is 6.26 Å². The van der Waals surface area contributed by atoms with Crippen molar-refractivity contribution in [3.05, 3.63) is 76.6 Å². The zero-order valence-electron chi connectivity index (χ0n) is 13.0. The molecular weight excluding hydrogens is 352 g/mol. The van der Waals surface area contributed by atoms with Crippen LogP contribution in [0, 0.1) is 0 Å². The molecule has 3 rings (SSSR count). The molecule has 0 fully saturated rings. The van der Waals surface area contributed by atoms with Crippen LogP contribution in [0.4, 0.5) is 0 Å². The summed E-state index contributed by atoms with van der Waals surface area (Å²) >= 11 is 3.53. The molecule has 23 heavy (non-hydrogen) atoms. The quantitative estimate of drug-likeness (QED) is 0.635. The first kappa shape index (κ1) is 16.0. The van der Waals surface area contributed by atoms with Crippen LogP contribution >= 0.6 is 15.9 Å². The van der Waals surface area contributed by atoms with Gasteiger partial charge in [0.15, 0.2) is 0 Å². The number of oxazole rings is 1. The maximum absolute atomic E-state index is 5.62. The van der Waals surface area contributed by atoms with E-state index in [2.05, 4.69) is 57.4 Å². The zero-order valence-corrected chi connectivity index (χ0v) is 14.6. The number of hydrogen-bond acceptors (Lipinski definition) is 3. The Morgan fingerprint density at radius 3 is 2.57 bits per heavy atom. The van der Waals surface area contributed by atoms with Crippen LogP contribution < -0.4 is 5.32 Å². The van der Waals surface area contributed by atoms with E-state index in [-0.39, 0.29) is 0 Å². The van der Waals surface area contributed by atoms with Gasteiger partial charge in [-0.15, -0.1) is 0 Å². The fourth-order valence-electron chi connectivity index (χ4n) is 2.56. The van der Waals surface area contributed by atoms with Crippen LogP contribution in [0.15, 0.2) is 69.8 Å². The van der Waals surface area contributed by atoms with Crippen molar-refractivity contribution in [2.24, 2.45) is 0 Å². The summed E-state index contributed by atoms with van der Waals surface area (Å²) < 4.78 is 6.61. The van der Waals surface area contributed by atoms with Crippen molar-refractivity contribution in [1.82, 2.24) is 10.3 Å². The summed E-state index contributed by atoms with van der Waals surface area (Å²) in [6, 6.07) is 18.7. The number of hydrogen-bond donors (Lipinski definition) is 1. The van der Waals surface area contributed by atoms with E-state index in [0.29, 0.717) is 18.5 Å². The minimum absolute atomic E-state index is 0.319. The van der Waals surface area contributed by atoms with Crippen LogP contribution in [0.3, 0.4) is 0 Å². The predicted octanol–water partition coefficient (Wildman–Crippen LogP) is 5.35. The first-order chi connectivity index (χ1) is 11.3. The van der Waals surface area contributed by atoms with Crippen LogP contribution in [0.25, 0.3) is 11.5 Å². The van der Waals surface area contributed by atoms with Gasteiger partial charge in [-0.2, -0.15) is 0 Å². The van der Waals surface area contributed by atoms with Gasteiger partial charge in [0.25, 0.3) is 0 Å². The summed E-state index contributed by atoms with van der Waals surface area (Å²) in [6.07, 6.45) is 2.75. The molecular formula is C19H19BrN2O. The molecule has 0 saturated heterocycles. The highest BCUT2D eigenvalue weighted by Gasteiger charge is 2.12. The van der Waals surface area contributed by atoms with Gasteiger partial charge in [-0.05, 0) is 40.0 Å². The van der Waals surface area contributed by atoms with Crippen molar-refractivity contribution in [2.75, 3.05) is 0 Å². The van der Waals surface area contributed by atoms with E-state index in [9.17, 15) is 0 Å². The Hall–Kier alpha value is -1.91. The van der Waals surface area contributed by atoms with Crippen LogP contribution in [0.2, 0.25) is 0 Å². The average Bonchev–Trinajstić information content (AvgIpc) is 3.05. The van der Waals surface area contributed by atoms with Gasteiger partial charge in [0.2, 0.25) is 5.89 Å². The lowest BCUT2D eigenvalue weighted by Gasteiger charge is -2.16. The van der Waals surface area contributed by atoms with Gasteiger partial charge in [-0.25, -0.2) is 4.98 Å².